The summed E-state index contributed by atoms with van der Waals surface area (Å²) in [6.07, 6.45) is 0. The standard InChI is InChI=1S/C33H39N3O11P/c1-6-43-31(38)33(32(39)44-7-2)20-46-48(42,47-21-33)29-23(4)34-22(3)27(28(29)25-14-11-15-26(18-25)36(40)41)30(37)45-17-16-35(5)19-24-12-9-8-10-13-24/h8-15,18,42H,6-7,16-17,19-21H2,1-5H3/q+1. The van der Waals surface area contributed by atoms with Crippen molar-refractivity contribution in [3.8, 4) is 11.1 Å². The first-order valence-corrected chi connectivity index (χ1v) is 16.9. The van der Waals surface area contributed by atoms with Gasteiger partial charge in [-0.2, -0.15) is 13.9 Å². The van der Waals surface area contributed by atoms with E-state index in [-0.39, 0.29) is 58.9 Å². The molecule has 1 fully saturated rings. The van der Waals surface area contributed by atoms with Crippen molar-refractivity contribution in [3.63, 3.8) is 0 Å². The van der Waals surface area contributed by atoms with Gasteiger partial charge in [0.15, 0.2) is 0 Å². The van der Waals surface area contributed by atoms with Crippen molar-refractivity contribution in [2.75, 3.05) is 46.6 Å². The number of hydrogen-bond donors (Lipinski definition) is 1. The minimum Gasteiger partial charge on any atom is -0.465 e. The number of nitrogens with zero attached hydrogens (tertiary/aromatic N) is 3. The molecule has 1 aromatic heterocycles. The third-order valence-corrected chi connectivity index (χ3v) is 9.74. The maximum absolute atomic E-state index is 13.8. The van der Waals surface area contributed by atoms with Gasteiger partial charge >= 0.3 is 25.9 Å². The van der Waals surface area contributed by atoms with Crippen LogP contribution in [0.15, 0.2) is 54.6 Å². The van der Waals surface area contributed by atoms with Crippen LogP contribution in [0.4, 0.5) is 5.69 Å². The number of likely N-dealkylation sites (N-methyl/N-ethyl adjacent to an activating group) is 1. The normalized spacial score (nSPS) is 15.1. The number of aromatic nitrogens is 1. The van der Waals surface area contributed by atoms with Crippen LogP contribution < -0.4 is 5.30 Å². The summed E-state index contributed by atoms with van der Waals surface area (Å²) in [6, 6.07) is 15.3. The monoisotopic (exact) mass is 684 g/mol. The average Bonchev–Trinajstić information content (AvgIpc) is 3.05. The molecule has 3 aromatic rings. The summed E-state index contributed by atoms with van der Waals surface area (Å²) in [5, 5.41) is 11.7. The molecular weight excluding hydrogens is 645 g/mol. The van der Waals surface area contributed by atoms with Gasteiger partial charge < -0.3 is 14.2 Å². The summed E-state index contributed by atoms with van der Waals surface area (Å²) < 4.78 is 27.7. The summed E-state index contributed by atoms with van der Waals surface area (Å²) >= 11 is 0. The molecule has 0 spiro atoms. The van der Waals surface area contributed by atoms with Crippen LogP contribution in [0.3, 0.4) is 0 Å². The molecule has 2 aromatic carbocycles. The van der Waals surface area contributed by atoms with Gasteiger partial charge in [0.2, 0.25) is 10.7 Å². The fourth-order valence-corrected chi connectivity index (χ4v) is 7.40. The van der Waals surface area contributed by atoms with Crippen molar-refractivity contribution in [1.29, 1.82) is 0 Å². The Hall–Kier alpha value is -4.33. The number of rotatable bonds is 13. The Balaban J connectivity index is 1.74. The first kappa shape index (κ1) is 36.5. The predicted molar refractivity (Wildman–Crippen MR) is 175 cm³/mol. The molecule has 0 bridgehead atoms. The average molecular weight is 685 g/mol. The Bertz CT molecular complexity index is 1640. The van der Waals surface area contributed by atoms with Gasteiger partial charge in [-0.25, -0.2) is 4.79 Å². The second kappa shape index (κ2) is 15.7. The number of benzene rings is 2. The number of ether oxygens (including phenoxy) is 3. The van der Waals surface area contributed by atoms with E-state index in [1.54, 1.807) is 27.7 Å². The van der Waals surface area contributed by atoms with E-state index in [0.717, 1.165) is 5.56 Å². The fourth-order valence-electron chi connectivity index (χ4n) is 5.29. The van der Waals surface area contributed by atoms with E-state index in [4.69, 9.17) is 23.3 Å². The molecule has 48 heavy (non-hydrogen) atoms. The number of nitro benzene ring substituents is 1. The quantitative estimate of drug-likeness (QED) is 0.0681. The zero-order chi connectivity index (χ0) is 35.1. The molecule has 0 saturated carbocycles. The highest BCUT2D eigenvalue weighted by atomic mass is 31.2. The van der Waals surface area contributed by atoms with Crippen LogP contribution in [0.1, 0.15) is 41.2 Å². The lowest BCUT2D eigenvalue weighted by molar-refractivity contribution is -0.384. The molecule has 0 amide bonds. The van der Waals surface area contributed by atoms with Gasteiger partial charge in [-0.1, -0.05) is 42.5 Å². The molecule has 0 unspecified atom stereocenters. The number of non-ortho nitro benzene ring substituents is 1. The van der Waals surface area contributed by atoms with Crippen LogP contribution in [0.2, 0.25) is 0 Å². The first-order chi connectivity index (χ1) is 22.9. The SMILES string of the molecule is CCOC(=O)C1(C(=O)OCC)CO[P+](O)(c2c(C)nc(C)c(C(=O)OCCN(C)Cc3ccccc3)c2-c2cccc([N+](=O)[O-])c2)OC1. The molecule has 0 radical (unpaired) electrons. The maximum Gasteiger partial charge on any atom is 0.448 e. The molecule has 256 valence electrons. The number of carbonyl (C=O) groups excluding carboxylic acids is 3. The molecule has 1 aliphatic heterocycles. The van der Waals surface area contributed by atoms with Gasteiger partial charge in [-0.05, 0) is 45.9 Å². The molecule has 1 aliphatic rings. The van der Waals surface area contributed by atoms with Crippen molar-refractivity contribution >= 4 is 36.8 Å². The molecule has 1 saturated heterocycles. The Labute approximate surface area is 278 Å². The number of nitro groups is 1. The van der Waals surface area contributed by atoms with Gasteiger partial charge in [0.05, 0.1) is 40.7 Å². The Morgan fingerprint density at radius 2 is 1.60 bits per heavy atom. The van der Waals surface area contributed by atoms with E-state index < -0.39 is 49.4 Å². The van der Waals surface area contributed by atoms with Crippen molar-refractivity contribution in [2.24, 2.45) is 5.41 Å². The van der Waals surface area contributed by atoms with E-state index in [0.29, 0.717) is 13.1 Å². The third kappa shape index (κ3) is 7.86. The van der Waals surface area contributed by atoms with Crippen LogP contribution in [0.5, 0.6) is 0 Å². The van der Waals surface area contributed by atoms with Gasteiger partial charge in [0.1, 0.15) is 19.8 Å². The van der Waals surface area contributed by atoms with Gasteiger partial charge in [-0.15, -0.1) is 0 Å². The highest BCUT2D eigenvalue weighted by molar-refractivity contribution is 7.69. The molecule has 0 aliphatic carbocycles. The maximum atomic E-state index is 13.8. The molecule has 14 nitrogen and oxygen atoms in total. The minimum atomic E-state index is -4.22. The van der Waals surface area contributed by atoms with E-state index in [2.05, 4.69) is 4.98 Å². The summed E-state index contributed by atoms with van der Waals surface area (Å²) in [6.45, 7) is 5.89. The van der Waals surface area contributed by atoms with Crippen molar-refractivity contribution in [3.05, 3.63) is 87.2 Å². The van der Waals surface area contributed by atoms with Crippen LogP contribution in [0, 0.1) is 29.4 Å². The van der Waals surface area contributed by atoms with Crippen molar-refractivity contribution < 1.29 is 47.5 Å². The number of pyridine rings is 1. The fraction of sp³-hybridized carbons (Fsp3) is 0.394. The second-order valence-electron chi connectivity index (χ2n) is 11.1. The number of carbonyl (C=O) groups is 3. The number of esters is 3. The van der Waals surface area contributed by atoms with E-state index in [1.807, 2.05) is 42.3 Å². The third-order valence-electron chi connectivity index (χ3n) is 7.66. The Morgan fingerprint density at radius 1 is 0.979 bits per heavy atom. The van der Waals surface area contributed by atoms with Gasteiger partial charge in [0, 0.05) is 25.2 Å². The predicted octanol–water partition coefficient (Wildman–Crippen LogP) is 4.10. The summed E-state index contributed by atoms with van der Waals surface area (Å²) in [5.74, 6) is -2.69. The smallest absolute Gasteiger partial charge is 0.448 e. The molecule has 1 N–H and O–H groups in total. The summed E-state index contributed by atoms with van der Waals surface area (Å²) in [7, 11) is -2.34. The molecular formula is C33H39N3O11P+. The lowest BCUT2D eigenvalue weighted by Gasteiger charge is -2.34. The topological polar surface area (TPSA) is 177 Å². The lowest BCUT2D eigenvalue weighted by atomic mass is 9.90. The highest BCUT2D eigenvalue weighted by Crippen LogP contribution is 2.62. The van der Waals surface area contributed by atoms with E-state index in [9.17, 15) is 29.4 Å². The lowest BCUT2D eigenvalue weighted by Crippen LogP contribution is -2.52. The summed E-state index contributed by atoms with van der Waals surface area (Å²) in [5.41, 5.74) is -0.593. The minimum absolute atomic E-state index is 0.00715. The molecule has 15 heteroatoms. The Kier molecular flexibility index (Phi) is 11.9. The number of aryl methyl sites for hydroxylation is 2. The molecule has 4 rings (SSSR count). The van der Waals surface area contributed by atoms with Crippen LogP contribution in [0.25, 0.3) is 11.1 Å². The van der Waals surface area contributed by atoms with Gasteiger partial charge in [0.25, 0.3) is 5.69 Å². The summed E-state index contributed by atoms with van der Waals surface area (Å²) in [4.78, 5) is 69.4. The van der Waals surface area contributed by atoms with Crippen LogP contribution >= 0.6 is 7.94 Å². The number of hydrogen-bond acceptors (Lipinski definition) is 13. The first-order valence-electron chi connectivity index (χ1n) is 15.3. The zero-order valence-corrected chi connectivity index (χ0v) is 28.4. The second-order valence-corrected chi connectivity index (χ2v) is 13.1. The molecule has 0 atom stereocenters. The zero-order valence-electron chi connectivity index (χ0n) is 27.5. The van der Waals surface area contributed by atoms with Crippen LogP contribution in [-0.2, 0) is 39.4 Å². The molecule has 2 heterocycles. The Morgan fingerprint density at radius 3 is 2.19 bits per heavy atom. The largest absolute Gasteiger partial charge is 0.465 e. The van der Waals surface area contributed by atoms with Crippen LogP contribution in [-0.4, -0.2) is 84.2 Å². The highest BCUT2D eigenvalue weighted by Gasteiger charge is 2.63. The van der Waals surface area contributed by atoms with Crippen molar-refractivity contribution in [1.82, 2.24) is 9.88 Å². The van der Waals surface area contributed by atoms with E-state index >= 15 is 0 Å². The van der Waals surface area contributed by atoms with Gasteiger partial charge in [-0.3, -0.25) is 29.6 Å². The van der Waals surface area contributed by atoms with Crippen molar-refractivity contribution in [2.45, 2.75) is 34.2 Å². The van der Waals surface area contributed by atoms with E-state index in [1.165, 1.54) is 24.3 Å².